The van der Waals surface area contributed by atoms with Gasteiger partial charge in [-0.05, 0) is 12.1 Å². The Hall–Kier alpha value is -1.67. The van der Waals surface area contributed by atoms with Crippen molar-refractivity contribution in [3.63, 3.8) is 0 Å². The second-order valence-corrected chi connectivity index (χ2v) is 6.09. The molecule has 6 nitrogen and oxygen atoms in total. The summed E-state index contributed by atoms with van der Waals surface area (Å²) in [7, 11) is 0. The first kappa shape index (κ1) is 15.4. The van der Waals surface area contributed by atoms with Crippen LogP contribution in [0, 0.1) is 10.1 Å². The number of nitro benzene ring substituents is 1. The molecule has 0 atom stereocenters. The number of nitro groups is 1. The van der Waals surface area contributed by atoms with Crippen LogP contribution in [0.4, 0.5) is 5.69 Å². The van der Waals surface area contributed by atoms with E-state index < -0.39 is 10.8 Å². The maximum absolute atomic E-state index is 11.7. The van der Waals surface area contributed by atoms with Crippen LogP contribution in [0.15, 0.2) is 24.3 Å². The molecule has 0 aliphatic carbocycles. The van der Waals surface area contributed by atoms with Gasteiger partial charge in [-0.3, -0.25) is 25.8 Å². The van der Waals surface area contributed by atoms with Gasteiger partial charge < -0.3 is 0 Å². The molecule has 0 aliphatic rings. The number of hydrazine groups is 1. The lowest BCUT2D eigenvalue weighted by atomic mass is 10.2. The predicted octanol–water partition coefficient (Wildman–Crippen LogP) is 2.26. The van der Waals surface area contributed by atoms with Crippen molar-refractivity contribution in [1.29, 1.82) is 0 Å². The Balaban J connectivity index is 2.54. The number of benzene rings is 1. The van der Waals surface area contributed by atoms with Gasteiger partial charge in [0.05, 0.1) is 4.92 Å². The van der Waals surface area contributed by atoms with Crippen molar-refractivity contribution in [2.75, 3.05) is 0 Å². The van der Waals surface area contributed by atoms with Crippen LogP contribution in [0.2, 0.25) is 0 Å². The summed E-state index contributed by atoms with van der Waals surface area (Å²) in [5.74, 6) is -0.401. The molecule has 1 rings (SSSR count). The Bertz CT molecular complexity index is 488. The molecular formula is C11H13N3O3S2. The third-order valence-electron chi connectivity index (χ3n) is 1.96. The van der Waals surface area contributed by atoms with E-state index in [1.54, 1.807) is 0 Å². The van der Waals surface area contributed by atoms with Gasteiger partial charge in [-0.15, -0.1) is 0 Å². The molecule has 0 bridgehead atoms. The largest absolute Gasteiger partial charge is 0.283 e. The number of hydrogen-bond acceptors (Lipinski definition) is 5. The summed E-state index contributed by atoms with van der Waals surface area (Å²) in [6, 6.07) is 5.31. The Labute approximate surface area is 120 Å². The van der Waals surface area contributed by atoms with E-state index >= 15 is 0 Å². The first-order valence-electron chi connectivity index (χ1n) is 5.41. The molecule has 0 fully saturated rings. The maximum atomic E-state index is 11.7. The van der Waals surface area contributed by atoms with Crippen molar-refractivity contribution in [3.05, 3.63) is 39.9 Å². The zero-order valence-corrected chi connectivity index (χ0v) is 12.0. The number of carbonyl (C=O) groups excluding carboxylic acids is 1. The van der Waals surface area contributed by atoms with E-state index in [4.69, 9.17) is 12.2 Å². The van der Waals surface area contributed by atoms with Crippen molar-refractivity contribution in [2.45, 2.75) is 19.1 Å². The molecule has 0 aromatic heterocycles. The normalized spacial score (nSPS) is 10.1. The second-order valence-electron chi connectivity index (χ2n) is 3.84. The molecule has 19 heavy (non-hydrogen) atoms. The van der Waals surface area contributed by atoms with Gasteiger partial charge >= 0.3 is 0 Å². The van der Waals surface area contributed by atoms with Crippen LogP contribution in [0.1, 0.15) is 24.2 Å². The summed E-state index contributed by atoms with van der Waals surface area (Å²) in [6.07, 6.45) is 0. The van der Waals surface area contributed by atoms with Gasteiger partial charge in [0.1, 0.15) is 0 Å². The SMILES string of the molecule is CC(C)SC(=S)NNC(=O)c1ccc([N+](=O)[O-])cc1. The fourth-order valence-corrected chi connectivity index (χ4v) is 2.32. The molecule has 102 valence electrons. The van der Waals surface area contributed by atoms with Crippen LogP contribution in [0.5, 0.6) is 0 Å². The average molecular weight is 299 g/mol. The first-order valence-corrected chi connectivity index (χ1v) is 6.70. The van der Waals surface area contributed by atoms with Crippen LogP contribution >= 0.6 is 24.0 Å². The van der Waals surface area contributed by atoms with Gasteiger partial charge in [0, 0.05) is 22.9 Å². The molecule has 1 amide bonds. The maximum Gasteiger partial charge on any atom is 0.269 e. The first-order chi connectivity index (χ1) is 8.90. The lowest BCUT2D eigenvalue weighted by Gasteiger charge is -2.10. The highest BCUT2D eigenvalue weighted by Gasteiger charge is 2.09. The summed E-state index contributed by atoms with van der Waals surface area (Å²) >= 11 is 6.42. The van der Waals surface area contributed by atoms with E-state index in [1.165, 1.54) is 36.0 Å². The molecule has 0 unspecified atom stereocenters. The standard InChI is InChI=1S/C11H13N3O3S2/c1-7(2)19-11(18)13-12-10(15)8-3-5-9(6-4-8)14(16)17/h3-7H,1-2H3,(H,12,15)(H,13,18). The van der Waals surface area contributed by atoms with Crippen molar-refractivity contribution in [3.8, 4) is 0 Å². The van der Waals surface area contributed by atoms with E-state index in [2.05, 4.69) is 10.9 Å². The number of non-ortho nitro benzene ring substituents is 1. The second kappa shape index (κ2) is 7.05. The lowest BCUT2D eigenvalue weighted by Crippen LogP contribution is -2.39. The molecule has 0 heterocycles. The van der Waals surface area contributed by atoms with Crippen molar-refractivity contribution in [1.82, 2.24) is 10.9 Å². The smallest absolute Gasteiger partial charge is 0.269 e. The highest BCUT2D eigenvalue weighted by Crippen LogP contribution is 2.12. The van der Waals surface area contributed by atoms with Gasteiger partial charge in [-0.1, -0.05) is 37.8 Å². The predicted molar refractivity (Wildman–Crippen MR) is 79.0 cm³/mol. The molecule has 1 aromatic carbocycles. The number of thiocarbonyl (C=S) groups is 1. The van der Waals surface area contributed by atoms with Gasteiger partial charge in [-0.2, -0.15) is 0 Å². The summed E-state index contributed by atoms with van der Waals surface area (Å²) in [4.78, 5) is 21.7. The molecule has 2 N–H and O–H groups in total. The zero-order chi connectivity index (χ0) is 14.4. The van der Waals surface area contributed by atoms with E-state index in [0.717, 1.165) is 0 Å². The Morgan fingerprint density at radius 2 is 1.89 bits per heavy atom. The van der Waals surface area contributed by atoms with E-state index in [0.29, 0.717) is 15.1 Å². The molecule has 0 radical (unpaired) electrons. The minimum Gasteiger partial charge on any atom is -0.283 e. The quantitative estimate of drug-likeness (QED) is 0.506. The summed E-state index contributed by atoms with van der Waals surface area (Å²) < 4.78 is 0.463. The van der Waals surface area contributed by atoms with Gasteiger partial charge in [0.25, 0.3) is 11.6 Å². The van der Waals surface area contributed by atoms with E-state index in [-0.39, 0.29) is 5.69 Å². The van der Waals surface area contributed by atoms with Crippen molar-refractivity contribution in [2.24, 2.45) is 0 Å². The topological polar surface area (TPSA) is 84.3 Å². The van der Waals surface area contributed by atoms with E-state index in [1.807, 2.05) is 13.8 Å². The van der Waals surface area contributed by atoms with Crippen LogP contribution in [-0.2, 0) is 0 Å². The number of rotatable bonds is 3. The van der Waals surface area contributed by atoms with Crippen LogP contribution in [-0.4, -0.2) is 20.4 Å². The fraction of sp³-hybridized carbons (Fsp3) is 0.273. The molecule has 1 aromatic rings. The third kappa shape index (κ3) is 5.23. The minimum absolute atomic E-state index is 0.0598. The minimum atomic E-state index is -0.520. The van der Waals surface area contributed by atoms with Crippen LogP contribution < -0.4 is 10.9 Å². The number of hydrogen-bond donors (Lipinski definition) is 2. The Kier molecular flexibility index (Phi) is 5.71. The highest BCUT2D eigenvalue weighted by molar-refractivity contribution is 8.23. The molecule has 0 saturated carbocycles. The summed E-state index contributed by atoms with van der Waals surface area (Å²) in [5.41, 5.74) is 5.30. The highest BCUT2D eigenvalue weighted by atomic mass is 32.2. The van der Waals surface area contributed by atoms with E-state index in [9.17, 15) is 14.9 Å². The molecular weight excluding hydrogens is 286 g/mol. The number of nitrogens with zero attached hydrogens (tertiary/aromatic N) is 1. The third-order valence-corrected chi connectivity index (χ3v) is 3.14. The molecule has 8 heteroatoms. The Morgan fingerprint density at radius 1 is 1.32 bits per heavy atom. The monoisotopic (exact) mass is 299 g/mol. The van der Waals surface area contributed by atoms with Crippen molar-refractivity contribution < 1.29 is 9.72 Å². The van der Waals surface area contributed by atoms with Crippen LogP contribution in [0.3, 0.4) is 0 Å². The van der Waals surface area contributed by atoms with Crippen LogP contribution in [0.25, 0.3) is 0 Å². The average Bonchev–Trinajstić information content (AvgIpc) is 2.35. The number of amides is 1. The number of nitrogens with one attached hydrogen (secondary N) is 2. The fourth-order valence-electron chi connectivity index (χ4n) is 1.16. The number of carbonyl (C=O) groups is 1. The molecule has 0 spiro atoms. The zero-order valence-electron chi connectivity index (χ0n) is 10.4. The summed E-state index contributed by atoms with van der Waals surface area (Å²) in [5, 5.41) is 10.8. The Morgan fingerprint density at radius 3 is 2.37 bits per heavy atom. The molecule has 0 aliphatic heterocycles. The number of thioether (sulfide) groups is 1. The van der Waals surface area contributed by atoms with Gasteiger partial charge in [0.2, 0.25) is 0 Å². The van der Waals surface area contributed by atoms with Gasteiger partial charge in [0.15, 0.2) is 4.32 Å². The molecule has 0 saturated heterocycles. The summed E-state index contributed by atoms with van der Waals surface area (Å²) in [6.45, 7) is 3.97. The van der Waals surface area contributed by atoms with Crippen molar-refractivity contribution >= 4 is 39.9 Å². The lowest BCUT2D eigenvalue weighted by molar-refractivity contribution is -0.384. The van der Waals surface area contributed by atoms with Gasteiger partial charge in [-0.25, -0.2) is 0 Å².